The number of carbonyl (C=O) groups excluding carboxylic acids is 1. The summed E-state index contributed by atoms with van der Waals surface area (Å²) in [5.74, 6) is 0.423. The van der Waals surface area contributed by atoms with Gasteiger partial charge >= 0.3 is 6.09 Å². The Balaban J connectivity index is 1.81. The Hall–Kier alpha value is -2.05. The maximum atomic E-state index is 12.6. The van der Waals surface area contributed by atoms with Crippen molar-refractivity contribution in [3.05, 3.63) is 35.7 Å². The first-order valence-electron chi connectivity index (χ1n) is 8.27. The number of anilines is 2. The molecule has 1 amide bonds. The van der Waals surface area contributed by atoms with Crippen LogP contribution >= 0.6 is 11.3 Å². The van der Waals surface area contributed by atoms with E-state index in [4.69, 9.17) is 10.5 Å². The van der Waals surface area contributed by atoms with Gasteiger partial charge in [-0.05, 0) is 35.6 Å². The van der Waals surface area contributed by atoms with Gasteiger partial charge in [-0.15, -0.1) is 11.3 Å². The molecule has 3 rings (SSSR count). The molecular formula is C18H23N3O2S. The van der Waals surface area contributed by atoms with Crippen LogP contribution in [0.2, 0.25) is 0 Å². The zero-order valence-corrected chi connectivity index (χ0v) is 14.6. The second-order valence-electron chi connectivity index (χ2n) is 6.00. The molecular weight excluding hydrogens is 322 g/mol. The number of carbonyl (C=O) groups is 1. The molecule has 0 spiro atoms. The molecule has 5 nitrogen and oxygen atoms in total. The van der Waals surface area contributed by atoms with Crippen LogP contribution in [-0.2, 0) is 4.74 Å². The van der Waals surface area contributed by atoms with Gasteiger partial charge in [0.25, 0.3) is 0 Å². The molecule has 1 fully saturated rings. The van der Waals surface area contributed by atoms with Crippen molar-refractivity contribution < 1.29 is 9.53 Å². The summed E-state index contributed by atoms with van der Waals surface area (Å²) in [6.45, 7) is 4.90. The summed E-state index contributed by atoms with van der Waals surface area (Å²) < 4.78 is 5.49. The van der Waals surface area contributed by atoms with Crippen molar-refractivity contribution >= 4 is 28.8 Å². The SMILES string of the molecule is CCCN(C(=O)OCC1CNC1)c1cc(-c2cccs2)ccc1N. The van der Waals surface area contributed by atoms with Crippen LogP contribution in [0.3, 0.4) is 0 Å². The van der Waals surface area contributed by atoms with Crippen LogP contribution in [0.5, 0.6) is 0 Å². The zero-order chi connectivity index (χ0) is 16.9. The fourth-order valence-electron chi connectivity index (χ4n) is 2.64. The number of nitrogens with one attached hydrogen (secondary N) is 1. The summed E-state index contributed by atoms with van der Waals surface area (Å²) in [6.07, 6.45) is 0.515. The number of nitrogen functional groups attached to an aromatic ring is 1. The van der Waals surface area contributed by atoms with Crippen LogP contribution in [-0.4, -0.2) is 32.3 Å². The van der Waals surface area contributed by atoms with E-state index >= 15 is 0 Å². The predicted octanol–water partition coefficient (Wildman–Crippen LogP) is 3.57. The van der Waals surface area contributed by atoms with Gasteiger partial charge in [0.15, 0.2) is 0 Å². The van der Waals surface area contributed by atoms with Gasteiger partial charge in [-0.2, -0.15) is 0 Å². The highest BCUT2D eigenvalue weighted by atomic mass is 32.1. The number of rotatable bonds is 6. The largest absolute Gasteiger partial charge is 0.449 e. The number of nitrogens with zero attached hydrogens (tertiary/aromatic N) is 1. The molecule has 1 aromatic carbocycles. The van der Waals surface area contributed by atoms with Crippen LogP contribution in [0.25, 0.3) is 10.4 Å². The Morgan fingerprint density at radius 2 is 2.25 bits per heavy atom. The minimum atomic E-state index is -0.321. The number of nitrogens with two attached hydrogens (primary N) is 1. The quantitative estimate of drug-likeness (QED) is 0.786. The van der Waals surface area contributed by atoms with Crippen LogP contribution in [0.1, 0.15) is 13.3 Å². The normalized spacial score (nSPS) is 14.2. The highest BCUT2D eigenvalue weighted by Gasteiger charge is 2.23. The molecule has 24 heavy (non-hydrogen) atoms. The lowest BCUT2D eigenvalue weighted by Gasteiger charge is -2.29. The lowest BCUT2D eigenvalue weighted by molar-refractivity contribution is 0.118. The van der Waals surface area contributed by atoms with Crippen molar-refractivity contribution in [3.63, 3.8) is 0 Å². The first-order valence-corrected chi connectivity index (χ1v) is 9.15. The fourth-order valence-corrected chi connectivity index (χ4v) is 3.36. The van der Waals surface area contributed by atoms with E-state index in [-0.39, 0.29) is 6.09 Å². The molecule has 1 aliphatic heterocycles. The maximum absolute atomic E-state index is 12.6. The first-order chi connectivity index (χ1) is 11.7. The molecule has 1 aliphatic rings. The van der Waals surface area contributed by atoms with E-state index in [0.29, 0.717) is 24.8 Å². The Bertz CT molecular complexity index is 684. The third-order valence-electron chi connectivity index (χ3n) is 4.10. The highest BCUT2D eigenvalue weighted by molar-refractivity contribution is 7.13. The van der Waals surface area contributed by atoms with Gasteiger partial charge in [-0.1, -0.05) is 19.1 Å². The van der Waals surface area contributed by atoms with Crippen LogP contribution < -0.4 is 16.0 Å². The summed E-state index contributed by atoms with van der Waals surface area (Å²) in [4.78, 5) is 15.4. The second kappa shape index (κ2) is 7.68. The van der Waals surface area contributed by atoms with Crippen LogP contribution in [0.4, 0.5) is 16.2 Å². The van der Waals surface area contributed by atoms with Gasteiger partial charge in [-0.3, -0.25) is 4.90 Å². The average molecular weight is 345 g/mol. The van der Waals surface area contributed by atoms with Crippen molar-refractivity contribution in [1.29, 1.82) is 0 Å². The molecule has 1 saturated heterocycles. The molecule has 1 aromatic heterocycles. The Kier molecular flexibility index (Phi) is 5.37. The molecule has 2 heterocycles. The maximum Gasteiger partial charge on any atom is 0.414 e. The van der Waals surface area contributed by atoms with Gasteiger partial charge in [0, 0.05) is 30.4 Å². The summed E-state index contributed by atoms with van der Waals surface area (Å²) >= 11 is 1.67. The summed E-state index contributed by atoms with van der Waals surface area (Å²) in [5.41, 5.74) is 8.52. The van der Waals surface area contributed by atoms with Gasteiger partial charge < -0.3 is 15.8 Å². The predicted molar refractivity (Wildman–Crippen MR) is 99.5 cm³/mol. The Morgan fingerprint density at radius 3 is 2.88 bits per heavy atom. The van der Waals surface area contributed by atoms with E-state index < -0.39 is 0 Å². The minimum absolute atomic E-state index is 0.321. The number of amides is 1. The van der Waals surface area contributed by atoms with E-state index in [1.165, 1.54) is 0 Å². The third-order valence-corrected chi connectivity index (χ3v) is 5.02. The van der Waals surface area contributed by atoms with E-state index in [9.17, 15) is 4.79 Å². The van der Waals surface area contributed by atoms with Crippen molar-refractivity contribution in [2.24, 2.45) is 5.92 Å². The molecule has 0 atom stereocenters. The minimum Gasteiger partial charge on any atom is -0.449 e. The Labute approximate surface area is 146 Å². The average Bonchev–Trinajstić information content (AvgIpc) is 3.06. The summed E-state index contributed by atoms with van der Waals surface area (Å²) in [7, 11) is 0. The van der Waals surface area contributed by atoms with E-state index in [1.54, 1.807) is 16.2 Å². The molecule has 0 bridgehead atoms. The Morgan fingerprint density at radius 1 is 1.42 bits per heavy atom. The molecule has 0 aliphatic carbocycles. The van der Waals surface area contributed by atoms with Crippen LogP contribution in [0, 0.1) is 5.92 Å². The van der Waals surface area contributed by atoms with E-state index in [2.05, 4.69) is 11.4 Å². The van der Waals surface area contributed by atoms with Gasteiger partial charge in [0.2, 0.25) is 0 Å². The molecule has 6 heteroatoms. The molecule has 0 radical (unpaired) electrons. The third kappa shape index (κ3) is 3.71. The highest BCUT2D eigenvalue weighted by Crippen LogP contribution is 2.32. The lowest BCUT2D eigenvalue weighted by atomic mass is 10.1. The summed E-state index contributed by atoms with van der Waals surface area (Å²) in [6, 6.07) is 9.89. The van der Waals surface area contributed by atoms with Crippen LogP contribution in [0.15, 0.2) is 35.7 Å². The molecule has 3 N–H and O–H groups in total. The standard InChI is InChI=1S/C18H23N3O2S/c1-2-7-21(18(22)23-12-13-10-20-11-13)16-9-14(5-6-15(16)19)17-4-3-8-24-17/h3-6,8-9,13,20H,2,7,10-12,19H2,1H3. The lowest BCUT2D eigenvalue weighted by Crippen LogP contribution is -2.45. The van der Waals surface area contributed by atoms with Gasteiger partial charge in [0.05, 0.1) is 18.0 Å². The number of ether oxygens (including phenoxy) is 1. The molecule has 0 saturated carbocycles. The van der Waals surface area contributed by atoms with E-state index in [1.807, 2.05) is 36.6 Å². The monoisotopic (exact) mass is 345 g/mol. The van der Waals surface area contributed by atoms with Crippen molar-refractivity contribution in [2.75, 3.05) is 36.9 Å². The smallest absolute Gasteiger partial charge is 0.414 e. The summed E-state index contributed by atoms with van der Waals surface area (Å²) in [5, 5.41) is 5.22. The molecule has 2 aromatic rings. The van der Waals surface area contributed by atoms with Gasteiger partial charge in [0.1, 0.15) is 0 Å². The number of hydrogen-bond donors (Lipinski definition) is 2. The first kappa shape index (κ1) is 16.8. The van der Waals surface area contributed by atoms with Crippen molar-refractivity contribution in [1.82, 2.24) is 5.32 Å². The number of thiophene rings is 1. The molecule has 128 valence electrons. The number of hydrogen-bond acceptors (Lipinski definition) is 5. The number of benzene rings is 1. The fraction of sp³-hybridized carbons (Fsp3) is 0.389. The second-order valence-corrected chi connectivity index (χ2v) is 6.95. The van der Waals surface area contributed by atoms with E-state index in [0.717, 1.165) is 35.6 Å². The van der Waals surface area contributed by atoms with Gasteiger partial charge in [-0.25, -0.2) is 4.79 Å². The molecule has 0 unspecified atom stereocenters. The van der Waals surface area contributed by atoms with Crippen molar-refractivity contribution in [2.45, 2.75) is 13.3 Å². The topological polar surface area (TPSA) is 67.6 Å². The van der Waals surface area contributed by atoms with Crippen molar-refractivity contribution in [3.8, 4) is 10.4 Å². The zero-order valence-electron chi connectivity index (χ0n) is 13.8.